The molecule has 0 spiro atoms. The van der Waals surface area contributed by atoms with E-state index in [0.29, 0.717) is 17.7 Å². The van der Waals surface area contributed by atoms with Crippen LogP contribution in [0.2, 0.25) is 0 Å². The molecule has 18 heavy (non-hydrogen) atoms. The lowest BCUT2D eigenvalue weighted by Gasteiger charge is -2.30. The van der Waals surface area contributed by atoms with Crippen LogP contribution in [-0.4, -0.2) is 11.8 Å². The van der Waals surface area contributed by atoms with Gasteiger partial charge >= 0.3 is 0 Å². The van der Waals surface area contributed by atoms with Gasteiger partial charge in [0, 0.05) is 17.2 Å². The van der Waals surface area contributed by atoms with Crippen molar-refractivity contribution in [3.63, 3.8) is 0 Å². The van der Waals surface area contributed by atoms with Crippen LogP contribution in [0.4, 0.5) is 4.39 Å². The van der Waals surface area contributed by atoms with Crippen LogP contribution < -0.4 is 0 Å². The normalized spacial score (nSPS) is 12.1. The molecule has 1 aromatic carbocycles. The van der Waals surface area contributed by atoms with Crippen molar-refractivity contribution < 1.29 is 4.39 Å². The van der Waals surface area contributed by atoms with Gasteiger partial charge in [0.1, 0.15) is 5.82 Å². The summed E-state index contributed by atoms with van der Waals surface area (Å²) in [6.45, 7) is 4.40. The fourth-order valence-corrected chi connectivity index (χ4v) is 3.00. The van der Waals surface area contributed by atoms with Crippen molar-refractivity contribution in [2.24, 2.45) is 5.92 Å². The van der Waals surface area contributed by atoms with Crippen LogP contribution in [0.5, 0.6) is 0 Å². The zero-order chi connectivity index (χ0) is 13.6. The van der Waals surface area contributed by atoms with Crippen LogP contribution in [0, 0.1) is 11.7 Å². The van der Waals surface area contributed by atoms with E-state index in [1.54, 1.807) is 12.1 Å². The topological polar surface area (TPSA) is 0 Å². The van der Waals surface area contributed by atoms with Gasteiger partial charge in [-0.05, 0) is 30.0 Å². The molecule has 1 aromatic rings. The average Bonchev–Trinajstić information content (AvgIpc) is 2.35. The van der Waals surface area contributed by atoms with E-state index in [2.05, 4.69) is 13.8 Å². The zero-order valence-corrected chi connectivity index (χ0v) is 12.6. The summed E-state index contributed by atoms with van der Waals surface area (Å²) in [6, 6.07) is 6.65. The van der Waals surface area contributed by atoms with Crippen molar-refractivity contribution in [2.75, 3.05) is 11.8 Å². The van der Waals surface area contributed by atoms with Gasteiger partial charge in [0.25, 0.3) is 0 Å². The summed E-state index contributed by atoms with van der Waals surface area (Å²) in [4.78, 5) is 0. The lowest BCUT2D eigenvalue weighted by molar-refractivity contribution is 0.430. The van der Waals surface area contributed by atoms with E-state index >= 15 is 0 Å². The van der Waals surface area contributed by atoms with E-state index < -0.39 is 0 Å². The van der Waals surface area contributed by atoms with Crippen molar-refractivity contribution in [3.8, 4) is 0 Å². The van der Waals surface area contributed by atoms with Crippen LogP contribution in [0.25, 0.3) is 0 Å². The third-order valence-corrected chi connectivity index (χ3v) is 4.41. The third-order valence-electron chi connectivity index (χ3n) is 3.39. The Hall–Kier alpha value is -0.270. The Morgan fingerprint density at radius 1 is 1.22 bits per heavy atom. The van der Waals surface area contributed by atoms with Gasteiger partial charge in [-0.25, -0.2) is 4.39 Å². The van der Waals surface area contributed by atoms with Crippen molar-refractivity contribution in [3.05, 3.63) is 35.6 Å². The van der Waals surface area contributed by atoms with Gasteiger partial charge in [0.15, 0.2) is 0 Å². The number of hydrogen-bond donors (Lipinski definition) is 0. The first-order valence-corrected chi connectivity index (χ1v) is 7.49. The van der Waals surface area contributed by atoms with Gasteiger partial charge in [-0.3, -0.25) is 0 Å². The summed E-state index contributed by atoms with van der Waals surface area (Å²) >= 11 is 12.2. The average molecular weight is 291 g/mol. The molecule has 0 unspecified atom stereocenters. The van der Waals surface area contributed by atoms with E-state index in [4.69, 9.17) is 23.2 Å². The van der Waals surface area contributed by atoms with Crippen LogP contribution in [0.3, 0.4) is 0 Å². The SMILES string of the molecule is CC(C)CCCC(CCl)(CCl)c1cccc(F)c1. The quantitative estimate of drug-likeness (QED) is 0.593. The van der Waals surface area contributed by atoms with Crippen LogP contribution >= 0.6 is 23.2 Å². The summed E-state index contributed by atoms with van der Waals surface area (Å²) in [6.07, 6.45) is 3.11. The molecule has 3 heteroatoms. The molecule has 0 N–H and O–H groups in total. The van der Waals surface area contributed by atoms with Crippen LogP contribution in [0.15, 0.2) is 24.3 Å². The maximum Gasteiger partial charge on any atom is 0.123 e. The maximum atomic E-state index is 13.3. The van der Waals surface area contributed by atoms with E-state index in [1.165, 1.54) is 6.07 Å². The summed E-state index contributed by atoms with van der Waals surface area (Å²) in [5.74, 6) is 1.30. The first kappa shape index (κ1) is 15.8. The highest BCUT2D eigenvalue weighted by molar-refractivity contribution is 6.22. The van der Waals surface area contributed by atoms with Crippen molar-refractivity contribution >= 4 is 23.2 Å². The molecule has 102 valence electrons. The molecular weight excluding hydrogens is 270 g/mol. The maximum absolute atomic E-state index is 13.3. The Balaban J connectivity index is 2.85. The Labute approximate surface area is 119 Å². The Bertz CT molecular complexity index is 359. The van der Waals surface area contributed by atoms with Crippen LogP contribution in [0.1, 0.15) is 38.7 Å². The molecule has 0 heterocycles. The minimum absolute atomic E-state index is 0.226. The molecule has 0 aliphatic heterocycles. The number of benzene rings is 1. The number of halogens is 3. The van der Waals surface area contributed by atoms with Crippen molar-refractivity contribution in [2.45, 2.75) is 38.5 Å². The van der Waals surface area contributed by atoms with E-state index in [1.807, 2.05) is 6.07 Å². The van der Waals surface area contributed by atoms with E-state index in [0.717, 1.165) is 24.8 Å². The Kier molecular flexibility index (Phi) is 6.45. The summed E-state index contributed by atoms with van der Waals surface area (Å²) in [5.41, 5.74) is 0.608. The van der Waals surface area contributed by atoms with Gasteiger partial charge in [-0.15, -0.1) is 23.2 Å². The number of hydrogen-bond acceptors (Lipinski definition) is 0. The molecule has 0 saturated carbocycles. The first-order chi connectivity index (χ1) is 8.54. The molecule has 0 atom stereocenters. The number of rotatable bonds is 7. The lowest BCUT2D eigenvalue weighted by Crippen LogP contribution is -2.30. The minimum Gasteiger partial charge on any atom is -0.207 e. The summed E-state index contributed by atoms with van der Waals surface area (Å²) in [5, 5.41) is 0. The highest BCUT2D eigenvalue weighted by Crippen LogP contribution is 2.33. The fourth-order valence-electron chi connectivity index (χ4n) is 2.14. The molecule has 0 aromatic heterocycles. The Morgan fingerprint density at radius 2 is 1.89 bits per heavy atom. The zero-order valence-electron chi connectivity index (χ0n) is 11.1. The molecule has 0 radical (unpaired) electrons. The smallest absolute Gasteiger partial charge is 0.123 e. The monoisotopic (exact) mass is 290 g/mol. The molecular formula is C15H21Cl2F. The second kappa shape index (κ2) is 7.35. The standard InChI is InChI=1S/C15H21Cl2F/c1-12(2)5-4-8-15(10-16,11-17)13-6-3-7-14(18)9-13/h3,6-7,9,12H,4-5,8,10-11H2,1-2H3. The first-order valence-electron chi connectivity index (χ1n) is 6.42. The molecule has 0 bridgehead atoms. The molecule has 0 aliphatic carbocycles. The predicted molar refractivity (Wildman–Crippen MR) is 78.2 cm³/mol. The van der Waals surface area contributed by atoms with Crippen molar-refractivity contribution in [1.82, 2.24) is 0 Å². The largest absolute Gasteiger partial charge is 0.207 e. The van der Waals surface area contributed by atoms with E-state index in [9.17, 15) is 4.39 Å². The molecule has 1 rings (SSSR count). The van der Waals surface area contributed by atoms with Gasteiger partial charge in [0.2, 0.25) is 0 Å². The summed E-state index contributed by atoms with van der Waals surface area (Å²) in [7, 11) is 0. The molecule has 0 fully saturated rings. The van der Waals surface area contributed by atoms with Crippen molar-refractivity contribution in [1.29, 1.82) is 0 Å². The van der Waals surface area contributed by atoms with E-state index in [-0.39, 0.29) is 11.2 Å². The lowest BCUT2D eigenvalue weighted by atomic mass is 9.79. The third kappa shape index (κ3) is 4.13. The van der Waals surface area contributed by atoms with Crippen LogP contribution in [-0.2, 0) is 5.41 Å². The molecule has 0 nitrogen and oxygen atoms in total. The van der Waals surface area contributed by atoms with Gasteiger partial charge in [0.05, 0.1) is 0 Å². The summed E-state index contributed by atoms with van der Waals surface area (Å²) < 4.78 is 13.3. The molecule has 0 amide bonds. The van der Waals surface area contributed by atoms with Gasteiger partial charge < -0.3 is 0 Å². The highest BCUT2D eigenvalue weighted by atomic mass is 35.5. The fraction of sp³-hybridized carbons (Fsp3) is 0.600. The second-order valence-corrected chi connectivity index (χ2v) is 5.88. The minimum atomic E-state index is -0.305. The number of alkyl halides is 2. The Morgan fingerprint density at radius 3 is 2.39 bits per heavy atom. The van der Waals surface area contributed by atoms with Gasteiger partial charge in [-0.1, -0.05) is 38.8 Å². The van der Waals surface area contributed by atoms with Gasteiger partial charge in [-0.2, -0.15) is 0 Å². The second-order valence-electron chi connectivity index (χ2n) is 5.34. The molecule has 0 saturated heterocycles. The highest BCUT2D eigenvalue weighted by Gasteiger charge is 2.30. The molecule has 0 aliphatic rings. The predicted octanol–water partition coefficient (Wildman–Crippen LogP) is 5.37.